The number of para-hydroxylation sites is 4. The van der Waals surface area contributed by atoms with Crippen molar-refractivity contribution >= 4 is 76.8 Å². The summed E-state index contributed by atoms with van der Waals surface area (Å²) in [5.74, 6) is 0.892. The van der Waals surface area contributed by atoms with Crippen molar-refractivity contribution in [2.45, 2.75) is 26.2 Å². The maximum absolute atomic E-state index is 8.23. The van der Waals surface area contributed by atoms with Crippen molar-refractivity contribution in [3.8, 4) is 11.1 Å². The standard InChI is InChI=1S/C40H34N4Si2/c1-41-30-26-28(22-24-31(30)43-32-14-6-10-18-36(32)45(2,3)37-19-11-7-15-33(37)43)29-23-25-40(42-27-29)44-34-16-8-12-20-38(34)46(4,5)39-21-13-9-17-35(39)44/h6-27H,2-5H3. The Hall–Kier alpha value is -5.23. The molecule has 222 valence electrons. The van der Waals surface area contributed by atoms with Crippen molar-refractivity contribution in [1.29, 1.82) is 0 Å². The van der Waals surface area contributed by atoms with Gasteiger partial charge in [-0.3, -0.25) is 4.90 Å². The highest BCUT2D eigenvalue weighted by atomic mass is 28.3. The summed E-state index contributed by atoms with van der Waals surface area (Å²) in [6.07, 6.45) is 1.94. The Bertz CT molecular complexity index is 2100. The molecule has 0 bridgehead atoms. The molecule has 1 aromatic heterocycles. The minimum Gasteiger partial charge on any atom is -0.320 e. The van der Waals surface area contributed by atoms with Crippen LogP contribution in [0.1, 0.15) is 0 Å². The molecule has 0 N–H and O–H groups in total. The Balaban J connectivity index is 1.20. The van der Waals surface area contributed by atoms with Crippen LogP contribution in [0.25, 0.3) is 16.0 Å². The Morgan fingerprint density at radius 2 is 0.935 bits per heavy atom. The summed E-state index contributed by atoms with van der Waals surface area (Å²) in [5, 5.41) is 5.62. The Kier molecular flexibility index (Phi) is 6.40. The number of hydrogen-bond donors (Lipinski definition) is 0. The van der Waals surface area contributed by atoms with Crippen LogP contribution in [0.3, 0.4) is 0 Å². The molecule has 2 aliphatic heterocycles. The van der Waals surface area contributed by atoms with Crippen molar-refractivity contribution in [3.05, 3.63) is 145 Å². The van der Waals surface area contributed by atoms with Gasteiger partial charge >= 0.3 is 0 Å². The third-order valence-corrected chi connectivity index (χ3v) is 17.0. The number of benzene rings is 5. The first-order valence-electron chi connectivity index (χ1n) is 15.8. The van der Waals surface area contributed by atoms with Crippen LogP contribution in [-0.4, -0.2) is 21.1 Å². The topological polar surface area (TPSA) is 23.7 Å². The molecule has 4 nitrogen and oxygen atoms in total. The van der Waals surface area contributed by atoms with Crippen molar-refractivity contribution in [3.63, 3.8) is 0 Å². The number of aromatic nitrogens is 1. The molecule has 3 heterocycles. The van der Waals surface area contributed by atoms with Gasteiger partial charge in [0.25, 0.3) is 0 Å². The van der Waals surface area contributed by atoms with Crippen molar-refractivity contribution in [2.24, 2.45) is 0 Å². The fourth-order valence-electron chi connectivity index (χ4n) is 7.52. The van der Waals surface area contributed by atoms with E-state index in [4.69, 9.17) is 11.6 Å². The van der Waals surface area contributed by atoms with Crippen LogP contribution in [0.2, 0.25) is 26.2 Å². The lowest BCUT2D eigenvalue weighted by atomic mass is 10.0. The summed E-state index contributed by atoms with van der Waals surface area (Å²) in [7, 11) is -3.75. The van der Waals surface area contributed by atoms with Crippen LogP contribution in [0.4, 0.5) is 39.9 Å². The van der Waals surface area contributed by atoms with Gasteiger partial charge in [-0.25, -0.2) is 9.83 Å². The lowest BCUT2D eigenvalue weighted by Crippen LogP contribution is -2.58. The van der Waals surface area contributed by atoms with Gasteiger partial charge in [-0.05, 0) is 80.4 Å². The van der Waals surface area contributed by atoms with Crippen LogP contribution >= 0.6 is 0 Å². The Morgan fingerprint density at radius 3 is 1.37 bits per heavy atom. The molecule has 0 amide bonds. The van der Waals surface area contributed by atoms with Gasteiger partial charge in [-0.2, -0.15) is 0 Å². The van der Waals surface area contributed by atoms with E-state index < -0.39 is 16.1 Å². The molecule has 0 unspecified atom stereocenters. The monoisotopic (exact) mass is 626 g/mol. The number of pyridine rings is 1. The average molecular weight is 627 g/mol. The molecular weight excluding hydrogens is 593 g/mol. The first-order chi connectivity index (χ1) is 22.3. The van der Waals surface area contributed by atoms with E-state index in [2.05, 4.69) is 162 Å². The van der Waals surface area contributed by atoms with Gasteiger partial charge in [0.15, 0.2) is 0 Å². The molecular formula is C40H34N4Si2. The summed E-state index contributed by atoms with van der Waals surface area (Å²) in [6, 6.07) is 45.5. The van der Waals surface area contributed by atoms with Gasteiger partial charge in [0.2, 0.25) is 5.69 Å². The van der Waals surface area contributed by atoms with E-state index in [1.165, 1.54) is 43.5 Å². The normalized spacial score (nSPS) is 15.2. The quantitative estimate of drug-likeness (QED) is 0.145. The molecule has 0 saturated heterocycles. The van der Waals surface area contributed by atoms with Crippen LogP contribution in [0.15, 0.2) is 134 Å². The molecule has 6 heteroatoms. The summed E-state index contributed by atoms with van der Waals surface area (Å²) in [6.45, 7) is 17.9. The molecule has 0 spiro atoms. The molecule has 0 saturated carbocycles. The van der Waals surface area contributed by atoms with Gasteiger partial charge in [-0.15, -0.1) is 0 Å². The van der Waals surface area contributed by atoms with Crippen LogP contribution in [-0.2, 0) is 0 Å². The first kappa shape index (κ1) is 28.3. The van der Waals surface area contributed by atoms with E-state index in [0.717, 1.165) is 22.6 Å². The molecule has 0 radical (unpaired) electrons. The molecule has 5 aromatic carbocycles. The van der Waals surface area contributed by atoms with Crippen LogP contribution in [0.5, 0.6) is 0 Å². The Morgan fingerprint density at radius 1 is 0.500 bits per heavy atom. The van der Waals surface area contributed by atoms with Gasteiger partial charge in [0, 0.05) is 28.9 Å². The number of rotatable bonds is 3. The highest BCUT2D eigenvalue weighted by Crippen LogP contribution is 2.44. The zero-order valence-electron chi connectivity index (χ0n) is 26.5. The van der Waals surface area contributed by atoms with Gasteiger partial charge < -0.3 is 4.90 Å². The summed E-state index contributed by atoms with van der Waals surface area (Å²) in [4.78, 5) is 13.7. The summed E-state index contributed by atoms with van der Waals surface area (Å²) >= 11 is 0. The van der Waals surface area contributed by atoms with E-state index in [9.17, 15) is 0 Å². The predicted octanol–water partition coefficient (Wildman–Crippen LogP) is 8.51. The molecule has 6 aromatic rings. The average Bonchev–Trinajstić information content (AvgIpc) is 3.09. The smallest absolute Gasteiger partial charge is 0.211 e. The third kappa shape index (κ3) is 4.13. The Labute approximate surface area is 273 Å². The second-order valence-electron chi connectivity index (χ2n) is 13.2. The van der Waals surface area contributed by atoms with Gasteiger partial charge in [0.1, 0.15) is 22.0 Å². The molecule has 0 atom stereocenters. The van der Waals surface area contributed by atoms with Crippen LogP contribution < -0.4 is 30.5 Å². The first-order valence-corrected chi connectivity index (χ1v) is 21.8. The number of nitrogens with zero attached hydrogens (tertiary/aromatic N) is 4. The lowest BCUT2D eigenvalue weighted by Gasteiger charge is -2.41. The molecule has 8 rings (SSSR count). The largest absolute Gasteiger partial charge is 0.320 e. The second-order valence-corrected chi connectivity index (χ2v) is 21.9. The molecule has 0 fully saturated rings. The number of fused-ring (bicyclic) bond motifs is 4. The van der Waals surface area contributed by atoms with Crippen LogP contribution in [0, 0.1) is 6.57 Å². The molecule has 0 aliphatic carbocycles. The van der Waals surface area contributed by atoms with Crippen molar-refractivity contribution in [2.75, 3.05) is 9.80 Å². The highest BCUT2D eigenvalue weighted by molar-refractivity contribution is 7.03. The van der Waals surface area contributed by atoms with Crippen molar-refractivity contribution < 1.29 is 0 Å². The zero-order valence-corrected chi connectivity index (χ0v) is 28.5. The van der Waals surface area contributed by atoms with E-state index in [1.807, 2.05) is 12.3 Å². The lowest BCUT2D eigenvalue weighted by molar-refractivity contribution is 1.18. The van der Waals surface area contributed by atoms with E-state index >= 15 is 0 Å². The SMILES string of the molecule is [C-]#[N+]c1cc(-c2ccc(N3c4ccccc4[Si](C)(C)c4ccccc43)nc2)ccc1N1c2ccccc2[Si](C)(C)c2ccccc21. The summed E-state index contributed by atoms with van der Waals surface area (Å²) in [5.41, 5.74) is 8.28. The third-order valence-electron chi connectivity index (χ3n) is 9.92. The minimum absolute atomic E-state index is 0.624. The molecule has 46 heavy (non-hydrogen) atoms. The zero-order chi connectivity index (χ0) is 31.6. The fourth-order valence-corrected chi connectivity index (χ4v) is 13.5. The molecule has 2 aliphatic rings. The minimum atomic E-state index is -1.90. The maximum Gasteiger partial charge on any atom is 0.211 e. The van der Waals surface area contributed by atoms with E-state index in [0.29, 0.717) is 5.69 Å². The number of anilines is 6. The highest BCUT2D eigenvalue weighted by Gasteiger charge is 2.40. The maximum atomic E-state index is 8.23. The fraction of sp³-hybridized carbons (Fsp3) is 0.100. The summed E-state index contributed by atoms with van der Waals surface area (Å²) < 4.78 is 0. The van der Waals surface area contributed by atoms with E-state index in [1.54, 1.807) is 0 Å². The van der Waals surface area contributed by atoms with Gasteiger partial charge in [0.05, 0.1) is 12.3 Å². The second kappa shape index (κ2) is 10.4. The number of hydrogen-bond acceptors (Lipinski definition) is 3. The van der Waals surface area contributed by atoms with E-state index in [-0.39, 0.29) is 0 Å². The predicted molar refractivity (Wildman–Crippen MR) is 199 cm³/mol. The van der Waals surface area contributed by atoms with Gasteiger partial charge in [-0.1, -0.05) is 105 Å². The van der Waals surface area contributed by atoms with Crippen molar-refractivity contribution in [1.82, 2.24) is 4.98 Å².